The van der Waals surface area contributed by atoms with Crippen molar-refractivity contribution in [1.82, 2.24) is 15.5 Å². The molecule has 0 saturated heterocycles. The van der Waals surface area contributed by atoms with Crippen LogP contribution in [0.15, 0.2) is 47.1 Å². The Labute approximate surface area is 160 Å². The summed E-state index contributed by atoms with van der Waals surface area (Å²) in [5, 5.41) is 14.6. The molecule has 3 rings (SSSR count). The Kier molecular flexibility index (Phi) is 5.97. The SMILES string of the molecule is CC(C)c1ccc(-c2nnc(NC(=O)CCNC(=O)c3ccco3)s2)cc1. The van der Waals surface area contributed by atoms with Gasteiger partial charge in [0.25, 0.3) is 5.91 Å². The largest absolute Gasteiger partial charge is 0.459 e. The third kappa shape index (κ3) is 5.01. The van der Waals surface area contributed by atoms with Crippen LogP contribution in [0, 0.1) is 0 Å². The first-order chi connectivity index (χ1) is 13.0. The second-order valence-corrected chi connectivity index (χ2v) is 7.20. The van der Waals surface area contributed by atoms with Gasteiger partial charge in [-0.1, -0.05) is 49.4 Å². The van der Waals surface area contributed by atoms with Crippen LogP contribution >= 0.6 is 11.3 Å². The van der Waals surface area contributed by atoms with Crippen molar-refractivity contribution in [3.63, 3.8) is 0 Å². The van der Waals surface area contributed by atoms with Crippen LogP contribution in [0.5, 0.6) is 0 Å². The highest BCUT2D eigenvalue weighted by Crippen LogP contribution is 2.27. The Morgan fingerprint density at radius 2 is 1.93 bits per heavy atom. The van der Waals surface area contributed by atoms with E-state index in [-0.39, 0.29) is 30.5 Å². The van der Waals surface area contributed by atoms with Crippen molar-refractivity contribution in [1.29, 1.82) is 0 Å². The molecule has 0 atom stereocenters. The predicted molar refractivity (Wildman–Crippen MR) is 104 cm³/mol. The zero-order valence-corrected chi connectivity index (χ0v) is 15.9. The van der Waals surface area contributed by atoms with Crippen LogP contribution in [0.2, 0.25) is 0 Å². The fourth-order valence-electron chi connectivity index (χ4n) is 2.37. The molecule has 2 aromatic heterocycles. The van der Waals surface area contributed by atoms with E-state index >= 15 is 0 Å². The molecule has 2 amide bonds. The minimum absolute atomic E-state index is 0.129. The third-order valence-corrected chi connectivity index (χ3v) is 4.77. The van der Waals surface area contributed by atoms with Crippen molar-refractivity contribution >= 4 is 28.3 Å². The smallest absolute Gasteiger partial charge is 0.286 e. The van der Waals surface area contributed by atoms with E-state index < -0.39 is 0 Å². The van der Waals surface area contributed by atoms with Crippen molar-refractivity contribution in [2.75, 3.05) is 11.9 Å². The molecule has 0 aliphatic heterocycles. The van der Waals surface area contributed by atoms with Gasteiger partial charge >= 0.3 is 0 Å². The highest BCUT2D eigenvalue weighted by molar-refractivity contribution is 7.18. The van der Waals surface area contributed by atoms with Crippen LogP contribution in [0.1, 0.15) is 42.3 Å². The molecular weight excluding hydrogens is 364 g/mol. The van der Waals surface area contributed by atoms with Gasteiger partial charge in [0.05, 0.1) is 6.26 Å². The zero-order chi connectivity index (χ0) is 19.2. The van der Waals surface area contributed by atoms with E-state index in [9.17, 15) is 9.59 Å². The lowest BCUT2D eigenvalue weighted by Crippen LogP contribution is -2.27. The van der Waals surface area contributed by atoms with E-state index in [1.807, 2.05) is 12.1 Å². The maximum Gasteiger partial charge on any atom is 0.286 e. The third-order valence-electron chi connectivity index (χ3n) is 3.88. The summed E-state index contributed by atoms with van der Waals surface area (Å²) in [5.74, 6) is 0.0905. The monoisotopic (exact) mass is 384 g/mol. The van der Waals surface area contributed by atoms with Gasteiger partial charge in [-0.05, 0) is 23.6 Å². The lowest BCUT2D eigenvalue weighted by molar-refractivity contribution is -0.116. The van der Waals surface area contributed by atoms with E-state index in [2.05, 4.69) is 46.8 Å². The van der Waals surface area contributed by atoms with E-state index in [1.54, 1.807) is 12.1 Å². The molecule has 8 heteroatoms. The summed E-state index contributed by atoms with van der Waals surface area (Å²) in [6.07, 6.45) is 1.55. The van der Waals surface area contributed by atoms with Gasteiger partial charge in [-0.2, -0.15) is 0 Å². The first kappa shape index (κ1) is 18.8. The highest BCUT2D eigenvalue weighted by atomic mass is 32.1. The average Bonchev–Trinajstić information content (AvgIpc) is 3.34. The van der Waals surface area contributed by atoms with Crippen LogP contribution in [-0.2, 0) is 4.79 Å². The van der Waals surface area contributed by atoms with E-state index in [0.717, 1.165) is 10.6 Å². The molecule has 0 saturated carbocycles. The Morgan fingerprint density at radius 3 is 2.59 bits per heavy atom. The standard InChI is InChI=1S/C19H20N4O3S/c1-12(2)13-5-7-14(8-6-13)18-22-23-19(27-18)21-16(24)9-10-20-17(25)15-4-3-11-26-15/h3-8,11-12H,9-10H2,1-2H3,(H,20,25)(H,21,23,24). The van der Waals surface area contributed by atoms with Gasteiger partial charge in [0.2, 0.25) is 11.0 Å². The number of carbonyl (C=O) groups excluding carboxylic acids is 2. The summed E-state index contributed by atoms with van der Waals surface area (Å²) in [6, 6.07) is 11.3. The summed E-state index contributed by atoms with van der Waals surface area (Å²) < 4.78 is 4.98. The predicted octanol–water partition coefficient (Wildman–Crippen LogP) is 3.68. The minimum atomic E-state index is -0.351. The van der Waals surface area contributed by atoms with Crippen LogP contribution in [0.25, 0.3) is 10.6 Å². The molecule has 0 radical (unpaired) electrons. The summed E-state index contributed by atoms with van der Waals surface area (Å²) in [7, 11) is 0. The Bertz CT molecular complexity index is 901. The minimum Gasteiger partial charge on any atom is -0.459 e. The number of hydrogen-bond donors (Lipinski definition) is 2. The van der Waals surface area contributed by atoms with Gasteiger partial charge in [-0.3, -0.25) is 9.59 Å². The van der Waals surface area contributed by atoms with Crippen LogP contribution in [0.4, 0.5) is 5.13 Å². The molecule has 3 aromatic rings. The first-order valence-electron chi connectivity index (χ1n) is 8.58. The number of nitrogens with one attached hydrogen (secondary N) is 2. The number of rotatable bonds is 7. The summed E-state index contributed by atoms with van der Waals surface area (Å²) in [6.45, 7) is 4.49. The van der Waals surface area contributed by atoms with Crippen LogP contribution < -0.4 is 10.6 Å². The molecule has 0 aliphatic carbocycles. The molecule has 0 bridgehead atoms. The average molecular weight is 384 g/mol. The molecule has 2 heterocycles. The number of benzene rings is 1. The van der Waals surface area contributed by atoms with Gasteiger partial charge < -0.3 is 15.1 Å². The number of hydrogen-bond acceptors (Lipinski definition) is 6. The number of nitrogens with zero attached hydrogens (tertiary/aromatic N) is 2. The van der Waals surface area contributed by atoms with Gasteiger partial charge in [0, 0.05) is 18.5 Å². The van der Waals surface area contributed by atoms with Crippen molar-refractivity contribution in [3.05, 3.63) is 54.0 Å². The van der Waals surface area contributed by atoms with Crippen molar-refractivity contribution < 1.29 is 14.0 Å². The number of amides is 2. The highest BCUT2D eigenvalue weighted by Gasteiger charge is 2.12. The molecule has 2 N–H and O–H groups in total. The van der Waals surface area contributed by atoms with Crippen molar-refractivity contribution in [2.45, 2.75) is 26.2 Å². The topological polar surface area (TPSA) is 97.1 Å². The van der Waals surface area contributed by atoms with E-state index in [1.165, 1.54) is 23.2 Å². The van der Waals surface area contributed by atoms with Gasteiger partial charge in [-0.15, -0.1) is 10.2 Å². The first-order valence-corrected chi connectivity index (χ1v) is 9.40. The fourth-order valence-corrected chi connectivity index (χ4v) is 3.13. The van der Waals surface area contributed by atoms with Crippen molar-refractivity contribution in [2.24, 2.45) is 0 Å². The molecular formula is C19H20N4O3S. The molecule has 1 aromatic carbocycles. The van der Waals surface area contributed by atoms with Gasteiger partial charge in [0.1, 0.15) is 5.01 Å². The molecule has 0 unspecified atom stereocenters. The second-order valence-electron chi connectivity index (χ2n) is 6.22. The lowest BCUT2D eigenvalue weighted by Gasteiger charge is -2.05. The van der Waals surface area contributed by atoms with Crippen LogP contribution in [-0.4, -0.2) is 28.6 Å². The maximum absolute atomic E-state index is 12.0. The van der Waals surface area contributed by atoms with Crippen molar-refractivity contribution in [3.8, 4) is 10.6 Å². The Hall–Kier alpha value is -3.00. The Balaban J connectivity index is 1.49. The normalized spacial score (nSPS) is 10.8. The van der Waals surface area contributed by atoms with Crippen LogP contribution in [0.3, 0.4) is 0 Å². The fraction of sp³-hybridized carbons (Fsp3) is 0.263. The number of anilines is 1. The number of carbonyl (C=O) groups is 2. The second kappa shape index (κ2) is 8.59. The molecule has 0 aliphatic rings. The maximum atomic E-state index is 12.0. The molecule has 140 valence electrons. The van der Waals surface area contributed by atoms with E-state index in [4.69, 9.17) is 4.42 Å². The zero-order valence-electron chi connectivity index (χ0n) is 15.1. The number of aromatic nitrogens is 2. The molecule has 27 heavy (non-hydrogen) atoms. The summed E-state index contributed by atoms with van der Waals surface area (Å²) >= 11 is 1.31. The summed E-state index contributed by atoms with van der Waals surface area (Å²) in [4.78, 5) is 23.7. The molecule has 0 spiro atoms. The molecule has 0 fully saturated rings. The van der Waals surface area contributed by atoms with E-state index in [0.29, 0.717) is 11.0 Å². The van der Waals surface area contributed by atoms with Gasteiger partial charge in [-0.25, -0.2) is 0 Å². The number of furan rings is 1. The molecule has 7 nitrogen and oxygen atoms in total. The van der Waals surface area contributed by atoms with Gasteiger partial charge in [0.15, 0.2) is 5.76 Å². The Morgan fingerprint density at radius 1 is 1.15 bits per heavy atom. The quantitative estimate of drug-likeness (QED) is 0.648. The summed E-state index contributed by atoms with van der Waals surface area (Å²) in [5.41, 5.74) is 2.22. The lowest BCUT2D eigenvalue weighted by atomic mass is 10.0.